The Labute approximate surface area is 134 Å². The number of nitrogens with zero attached hydrogens (tertiary/aromatic N) is 1. The molecular formula is C15H20N2O4S. The van der Waals surface area contributed by atoms with Crippen LogP contribution in [0.3, 0.4) is 0 Å². The zero-order valence-corrected chi connectivity index (χ0v) is 13.2. The van der Waals surface area contributed by atoms with Crippen molar-refractivity contribution in [3.05, 3.63) is 35.4 Å². The Morgan fingerprint density at radius 2 is 1.59 bits per heavy atom. The first-order valence-electron chi connectivity index (χ1n) is 6.81. The Kier molecular flexibility index (Phi) is 6.94. The predicted molar refractivity (Wildman–Crippen MR) is 86.9 cm³/mol. The van der Waals surface area contributed by atoms with Crippen molar-refractivity contribution in [3.8, 4) is 0 Å². The van der Waals surface area contributed by atoms with E-state index in [1.165, 1.54) is 4.90 Å². The highest BCUT2D eigenvalue weighted by molar-refractivity contribution is 7.80. The molecule has 0 fully saturated rings. The van der Waals surface area contributed by atoms with Crippen molar-refractivity contribution < 1.29 is 19.8 Å². The van der Waals surface area contributed by atoms with Gasteiger partial charge in [-0.05, 0) is 24.5 Å². The summed E-state index contributed by atoms with van der Waals surface area (Å²) in [5.41, 5.74) is 7.50. The molecule has 1 unspecified atom stereocenters. The van der Waals surface area contributed by atoms with Gasteiger partial charge in [0.05, 0.1) is 18.1 Å². The van der Waals surface area contributed by atoms with Crippen molar-refractivity contribution >= 4 is 29.1 Å². The predicted octanol–water partition coefficient (Wildman–Crippen LogP) is 0.917. The summed E-state index contributed by atoms with van der Waals surface area (Å²) in [4.78, 5) is 23.5. The van der Waals surface area contributed by atoms with Crippen LogP contribution in [0.4, 0.5) is 0 Å². The number of carbonyl (C=O) groups is 2. The SMILES string of the molecule is CC(Cc1ccc(CC(N)=S)cc1)N(CC(=O)O)CC(=O)O. The Hall–Kier alpha value is -1.99. The third-order valence-electron chi connectivity index (χ3n) is 3.23. The first-order valence-corrected chi connectivity index (χ1v) is 7.22. The maximum absolute atomic E-state index is 10.8. The van der Waals surface area contributed by atoms with Crippen molar-refractivity contribution in [2.75, 3.05) is 13.1 Å². The molecule has 22 heavy (non-hydrogen) atoms. The van der Waals surface area contributed by atoms with Gasteiger partial charge < -0.3 is 15.9 Å². The van der Waals surface area contributed by atoms with Gasteiger partial charge in [-0.25, -0.2) is 0 Å². The third-order valence-corrected chi connectivity index (χ3v) is 3.38. The summed E-state index contributed by atoms with van der Waals surface area (Å²) >= 11 is 4.85. The summed E-state index contributed by atoms with van der Waals surface area (Å²) in [5, 5.41) is 17.7. The van der Waals surface area contributed by atoms with Gasteiger partial charge in [-0.1, -0.05) is 36.5 Å². The molecular weight excluding hydrogens is 304 g/mol. The molecule has 6 nitrogen and oxygen atoms in total. The Morgan fingerprint density at radius 3 is 2.00 bits per heavy atom. The zero-order valence-electron chi connectivity index (χ0n) is 12.4. The number of aliphatic carboxylic acids is 2. The molecule has 1 aromatic carbocycles. The van der Waals surface area contributed by atoms with Gasteiger partial charge in [-0.15, -0.1) is 0 Å². The van der Waals surface area contributed by atoms with E-state index in [-0.39, 0.29) is 19.1 Å². The van der Waals surface area contributed by atoms with Crippen LogP contribution in [0.5, 0.6) is 0 Å². The molecule has 0 aliphatic carbocycles. The zero-order chi connectivity index (χ0) is 16.7. The smallest absolute Gasteiger partial charge is 0.317 e. The van der Waals surface area contributed by atoms with Gasteiger partial charge in [-0.3, -0.25) is 14.5 Å². The molecule has 0 spiro atoms. The van der Waals surface area contributed by atoms with E-state index < -0.39 is 11.9 Å². The normalized spacial score (nSPS) is 12.1. The fourth-order valence-corrected chi connectivity index (χ4v) is 2.35. The molecule has 4 N–H and O–H groups in total. The fourth-order valence-electron chi connectivity index (χ4n) is 2.18. The minimum Gasteiger partial charge on any atom is -0.480 e. The van der Waals surface area contributed by atoms with Crippen molar-refractivity contribution in [2.45, 2.75) is 25.8 Å². The van der Waals surface area contributed by atoms with Gasteiger partial charge >= 0.3 is 11.9 Å². The highest BCUT2D eigenvalue weighted by Crippen LogP contribution is 2.11. The number of thiocarbonyl (C=S) groups is 1. The quantitative estimate of drug-likeness (QED) is 0.580. The topological polar surface area (TPSA) is 104 Å². The second-order valence-corrected chi connectivity index (χ2v) is 5.73. The average molecular weight is 324 g/mol. The molecule has 1 rings (SSSR count). The Morgan fingerprint density at radius 1 is 1.14 bits per heavy atom. The molecule has 0 aliphatic heterocycles. The van der Waals surface area contributed by atoms with Crippen LogP contribution in [0, 0.1) is 0 Å². The van der Waals surface area contributed by atoms with Gasteiger partial charge in [0, 0.05) is 12.5 Å². The molecule has 0 bridgehead atoms. The molecule has 1 aromatic rings. The number of carboxylic acids is 2. The van der Waals surface area contributed by atoms with Crippen LogP contribution in [-0.2, 0) is 22.4 Å². The molecule has 1 atom stereocenters. The van der Waals surface area contributed by atoms with E-state index in [4.69, 9.17) is 28.2 Å². The highest BCUT2D eigenvalue weighted by Gasteiger charge is 2.19. The first kappa shape index (κ1) is 18.1. The second kappa shape index (κ2) is 8.45. The highest BCUT2D eigenvalue weighted by atomic mass is 32.1. The molecule has 0 amide bonds. The molecule has 0 heterocycles. The number of hydrogen-bond donors (Lipinski definition) is 3. The van der Waals surface area contributed by atoms with Gasteiger partial charge in [0.2, 0.25) is 0 Å². The van der Waals surface area contributed by atoms with E-state index in [0.29, 0.717) is 17.8 Å². The lowest BCUT2D eigenvalue weighted by atomic mass is 10.0. The summed E-state index contributed by atoms with van der Waals surface area (Å²) in [6.45, 7) is 1.22. The second-order valence-electron chi connectivity index (χ2n) is 5.21. The van der Waals surface area contributed by atoms with Crippen molar-refractivity contribution in [1.29, 1.82) is 0 Å². The van der Waals surface area contributed by atoms with E-state index in [2.05, 4.69) is 0 Å². The van der Waals surface area contributed by atoms with Gasteiger partial charge in [0.1, 0.15) is 0 Å². The monoisotopic (exact) mass is 324 g/mol. The molecule has 0 aliphatic rings. The molecule has 0 aromatic heterocycles. The Bertz CT molecular complexity index is 529. The van der Waals surface area contributed by atoms with E-state index in [9.17, 15) is 9.59 Å². The van der Waals surface area contributed by atoms with Crippen LogP contribution in [0.1, 0.15) is 18.1 Å². The largest absolute Gasteiger partial charge is 0.480 e. The molecule has 7 heteroatoms. The number of benzene rings is 1. The summed E-state index contributed by atoms with van der Waals surface area (Å²) < 4.78 is 0. The number of hydrogen-bond acceptors (Lipinski definition) is 4. The van der Waals surface area contributed by atoms with Gasteiger partial charge in [0.15, 0.2) is 0 Å². The molecule has 0 saturated heterocycles. The minimum absolute atomic E-state index is 0.200. The van der Waals surface area contributed by atoms with E-state index in [0.717, 1.165) is 11.1 Å². The Balaban J connectivity index is 2.71. The summed E-state index contributed by atoms with van der Waals surface area (Å²) in [6.07, 6.45) is 1.10. The van der Waals surface area contributed by atoms with Crippen LogP contribution < -0.4 is 5.73 Å². The number of nitrogens with two attached hydrogens (primary N) is 1. The van der Waals surface area contributed by atoms with E-state index >= 15 is 0 Å². The fraction of sp³-hybridized carbons (Fsp3) is 0.400. The van der Waals surface area contributed by atoms with Crippen LogP contribution in [-0.4, -0.2) is 51.2 Å². The first-order chi connectivity index (χ1) is 10.3. The summed E-state index contributed by atoms with van der Waals surface area (Å²) in [6, 6.07) is 7.47. The van der Waals surface area contributed by atoms with Crippen molar-refractivity contribution in [2.24, 2.45) is 5.73 Å². The van der Waals surface area contributed by atoms with E-state index in [1.54, 1.807) is 0 Å². The lowest BCUT2D eigenvalue weighted by Crippen LogP contribution is -2.41. The molecule has 0 saturated carbocycles. The summed E-state index contributed by atoms with van der Waals surface area (Å²) in [5.74, 6) is -2.08. The van der Waals surface area contributed by atoms with Crippen LogP contribution in [0.2, 0.25) is 0 Å². The number of rotatable bonds is 9. The summed E-state index contributed by atoms with van der Waals surface area (Å²) in [7, 11) is 0. The lowest BCUT2D eigenvalue weighted by molar-refractivity contribution is -0.142. The van der Waals surface area contributed by atoms with Gasteiger partial charge in [0.25, 0.3) is 0 Å². The van der Waals surface area contributed by atoms with Crippen LogP contribution >= 0.6 is 12.2 Å². The van der Waals surface area contributed by atoms with Crippen LogP contribution in [0.15, 0.2) is 24.3 Å². The average Bonchev–Trinajstić information content (AvgIpc) is 2.38. The standard InChI is InChI=1S/C15H20N2O4S/c1-10(17(8-14(18)19)9-15(20)21)6-11-2-4-12(5-3-11)7-13(16)22/h2-5,10H,6-9H2,1H3,(H2,16,22)(H,18,19)(H,20,21). The molecule has 120 valence electrons. The minimum atomic E-state index is -1.04. The number of carboxylic acid groups (broad SMARTS) is 2. The van der Waals surface area contributed by atoms with Crippen LogP contribution in [0.25, 0.3) is 0 Å². The van der Waals surface area contributed by atoms with Crippen molar-refractivity contribution in [1.82, 2.24) is 4.90 Å². The maximum atomic E-state index is 10.8. The third kappa shape index (κ3) is 6.64. The van der Waals surface area contributed by atoms with Crippen molar-refractivity contribution in [3.63, 3.8) is 0 Å². The van der Waals surface area contributed by atoms with E-state index in [1.807, 2.05) is 31.2 Å². The maximum Gasteiger partial charge on any atom is 0.317 e. The molecule has 0 radical (unpaired) electrons. The lowest BCUT2D eigenvalue weighted by Gasteiger charge is -2.25. The van der Waals surface area contributed by atoms with Gasteiger partial charge in [-0.2, -0.15) is 0 Å².